The van der Waals surface area contributed by atoms with Gasteiger partial charge in [0.25, 0.3) is 0 Å². The van der Waals surface area contributed by atoms with E-state index in [1.54, 1.807) is 0 Å². The lowest BCUT2D eigenvalue weighted by atomic mass is 10.3. The Morgan fingerprint density at radius 1 is 1.19 bits per heavy atom. The van der Waals surface area contributed by atoms with E-state index in [1.807, 2.05) is 6.92 Å². The van der Waals surface area contributed by atoms with Gasteiger partial charge in [-0.15, -0.1) is 24.0 Å². The van der Waals surface area contributed by atoms with Crippen LogP contribution in [0.4, 0.5) is 8.78 Å². The highest BCUT2D eigenvalue weighted by Gasteiger charge is 2.28. The number of ether oxygens (including phenoxy) is 1. The number of benzene rings is 1. The summed E-state index contributed by atoms with van der Waals surface area (Å²) in [6.07, 6.45) is 1.97. The molecule has 0 unspecified atom stereocenters. The van der Waals surface area contributed by atoms with Crippen molar-refractivity contribution in [2.45, 2.75) is 19.8 Å². The smallest absolute Gasteiger partial charge is 0.223 e. The van der Waals surface area contributed by atoms with E-state index in [0.29, 0.717) is 32.1 Å². The zero-order chi connectivity index (χ0) is 18.1. The predicted octanol–water partition coefficient (Wildman–Crippen LogP) is 2.04. The van der Waals surface area contributed by atoms with Gasteiger partial charge in [0.05, 0.1) is 13.1 Å². The lowest BCUT2D eigenvalue weighted by molar-refractivity contribution is -0.122. The molecule has 2 rings (SSSR count). The molecule has 0 spiro atoms. The first-order valence-electron chi connectivity index (χ1n) is 8.48. The fourth-order valence-electron chi connectivity index (χ4n) is 2.08. The molecular formula is C17H25F2IN4O2. The first-order chi connectivity index (χ1) is 12.1. The van der Waals surface area contributed by atoms with Crippen LogP contribution in [0.25, 0.3) is 0 Å². The Bertz CT molecular complexity index is 612. The van der Waals surface area contributed by atoms with Gasteiger partial charge in [0.15, 0.2) is 17.6 Å². The highest BCUT2D eigenvalue weighted by Crippen LogP contribution is 2.28. The van der Waals surface area contributed by atoms with Crippen LogP contribution >= 0.6 is 24.0 Å². The molecule has 1 aromatic rings. The van der Waals surface area contributed by atoms with Crippen molar-refractivity contribution in [3.05, 3.63) is 29.8 Å². The van der Waals surface area contributed by atoms with E-state index in [4.69, 9.17) is 4.74 Å². The summed E-state index contributed by atoms with van der Waals surface area (Å²) in [5.41, 5.74) is 0. The number of rotatable bonds is 9. The molecule has 1 amide bonds. The molecule has 1 aromatic carbocycles. The number of hydrogen-bond donors (Lipinski definition) is 3. The van der Waals surface area contributed by atoms with E-state index >= 15 is 0 Å². The summed E-state index contributed by atoms with van der Waals surface area (Å²) in [4.78, 5) is 15.9. The van der Waals surface area contributed by atoms with Crippen LogP contribution in [0.2, 0.25) is 0 Å². The van der Waals surface area contributed by atoms with Crippen molar-refractivity contribution in [1.29, 1.82) is 0 Å². The summed E-state index contributed by atoms with van der Waals surface area (Å²) < 4.78 is 31.3. The highest BCUT2D eigenvalue weighted by molar-refractivity contribution is 14.0. The van der Waals surface area contributed by atoms with Gasteiger partial charge in [0.2, 0.25) is 5.91 Å². The number of nitrogens with zero attached hydrogens (tertiary/aromatic N) is 1. The molecule has 0 atom stereocenters. The minimum absolute atomic E-state index is 0. The van der Waals surface area contributed by atoms with Crippen molar-refractivity contribution in [1.82, 2.24) is 16.0 Å². The average molecular weight is 482 g/mol. The summed E-state index contributed by atoms with van der Waals surface area (Å²) in [6, 6.07) is 3.41. The molecule has 0 radical (unpaired) electrons. The second-order valence-corrected chi connectivity index (χ2v) is 5.68. The minimum Gasteiger partial charge on any atom is -0.492 e. The molecule has 1 aliphatic carbocycles. The van der Waals surface area contributed by atoms with Crippen LogP contribution in [0.3, 0.4) is 0 Å². The first-order valence-corrected chi connectivity index (χ1v) is 8.48. The van der Waals surface area contributed by atoms with Crippen LogP contribution in [0.15, 0.2) is 23.2 Å². The molecule has 1 saturated carbocycles. The van der Waals surface area contributed by atoms with E-state index in [9.17, 15) is 13.6 Å². The van der Waals surface area contributed by atoms with Crippen LogP contribution in [0.5, 0.6) is 5.75 Å². The average Bonchev–Trinajstić information content (AvgIpc) is 3.43. The van der Waals surface area contributed by atoms with Crippen LogP contribution in [0.1, 0.15) is 19.8 Å². The Labute approximate surface area is 169 Å². The summed E-state index contributed by atoms with van der Waals surface area (Å²) in [5.74, 6) is -0.659. The van der Waals surface area contributed by atoms with Gasteiger partial charge in [-0.2, -0.15) is 0 Å². The number of hydrogen-bond acceptors (Lipinski definition) is 3. The number of amides is 1. The number of guanidine groups is 1. The van der Waals surface area contributed by atoms with Crippen LogP contribution in [-0.2, 0) is 4.79 Å². The van der Waals surface area contributed by atoms with Gasteiger partial charge in [0, 0.05) is 25.1 Å². The van der Waals surface area contributed by atoms with Crippen molar-refractivity contribution < 1.29 is 18.3 Å². The van der Waals surface area contributed by atoms with Crippen molar-refractivity contribution >= 4 is 35.8 Å². The Balaban J connectivity index is 0.00000338. The zero-order valence-electron chi connectivity index (χ0n) is 14.7. The third-order valence-corrected chi connectivity index (χ3v) is 3.53. The number of carbonyl (C=O) groups is 1. The van der Waals surface area contributed by atoms with Gasteiger partial charge in [-0.1, -0.05) is 0 Å². The standard InChI is InChI=1S/C17H24F2N4O2.HI/c1-2-20-17(22-8-7-21-16(24)12-3-4-12)23-9-10-25-13-5-6-14(18)15(19)11-13;/h5-6,11-12H,2-4,7-10H2,1H3,(H,21,24)(H2,20,22,23);1H. The van der Waals surface area contributed by atoms with E-state index < -0.39 is 11.6 Å². The zero-order valence-corrected chi connectivity index (χ0v) is 17.0. The van der Waals surface area contributed by atoms with Gasteiger partial charge in [-0.3, -0.25) is 9.79 Å². The van der Waals surface area contributed by atoms with E-state index in [1.165, 1.54) is 6.07 Å². The fraction of sp³-hybridized carbons (Fsp3) is 0.529. The molecule has 0 heterocycles. The topological polar surface area (TPSA) is 74.8 Å². The van der Waals surface area contributed by atoms with Crippen LogP contribution in [0, 0.1) is 17.6 Å². The second-order valence-electron chi connectivity index (χ2n) is 5.68. The Morgan fingerprint density at radius 3 is 2.62 bits per heavy atom. The molecule has 0 bridgehead atoms. The van der Waals surface area contributed by atoms with Crippen molar-refractivity contribution in [3.63, 3.8) is 0 Å². The Morgan fingerprint density at radius 2 is 1.96 bits per heavy atom. The minimum atomic E-state index is -0.936. The summed E-state index contributed by atoms with van der Waals surface area (Å²) >= 11 is 0. The maximum Gasteiger partial charge on any atom is 0.223 e. The maximum absolute atomic E-state index is 13.1. The number of aliphatic imine (C=N–C) groups is 1. The normalized spacial score (nSPS) is 13.6. The van der Waals surface area contributed by atoms with Crippen LogP contribution < -0.4 is 20.7 Å². The number of nitrogens with one attached hydrogen (secondary N) is 3. The summed E-state index contributed by atoms with van der Waals surface area (Å²) in [5, 5.41) is 9.00. The molecule has 1 fully saturated rings. The molecule has 0 aromatic heterocycles. The number of halogens is 3. The number of carbonyl (C=O) groups excluding carboxylic acids is 1. The van der Waals surface area contributed by atoms with Crippen molar-refractivity contribution in [2.75, 3.05) is 32.8 Å². The molecule has 26 heavy (non-hydrogen) atoms. The molecule has 3 N–H and O–H groups in total. The Kier molecular flexibility index (Phi) is 10.2. The van der Waals surface area contributed by atoms with Gasteiger partial charge in [0.1, 0.15) is 12.4 Å². The highest BCUT2D eigenvalue weighted by atomic mass is 127. The Hall–Kier alpha value is -1.65. The SMILES string of the molecule is CCNC(=NCCNC(=O)C1CC1)NCCOc1ccc(F)c(F)c1.I. The summed E-state index contributed by atoms with van der Waals surface area (Å²) in [6.45, 7) is 4.33. The largest absolute Gasteiger partial charge is 0.492 e. The van der Waals surface area contributed by atoms with E-state index in [-0.39, 0.29) is 48.2 Å². The van der Waals surface area contributed by atoms with Crippen LogP contribution in [-0.4, -0.2) is 44.7 Å². The molecule has 6 nitrogen and oxygen atoms in total. The van der Waals surface area contributed by atoms with Gasteiger partial charge < -0.3 is 20.7 Å². The molecule has 0 saturated heterocycles. The fourth-order valence-corrected chi connectivity index (χ4v) is 2.08. The van der Waals surface area contributed by atoms with E-state index in [0.717, 1.165) is 25.0 Å². The summed E-state index contributed by atoms with van der Waals surface area (Å²) in [7, 11) is 0. The maximum atomic E-state index is 13.1. The van der Waals surface area contributed by atoms with E-state index in [2.05, 4.69) is 20.9 Å². The second kappa shape index (κ2) is 11.9. The quantitative estimate of drug-likeness (QED) is 0.218. The monoisotopic (exact) mass is 482 g/mol. The lowest BCUT2D eigenvalue weighted by Crippen LogP contribution is -2.40. The molecule has 9 heteroatoms. The molecule has 146 valence electrons. The third-order valence-electron chi connectivity index (χ3n) is 3.53. The molecule has 1 aliphatic rings. The third kappa shape index (κ3) is 8.15. The molecular weight excluding hydrogens is 457 g/mol. The van der Waals surface area contributed by atoms with Gasteiger partial charge in [-0.05, 0) is 31.9 Å². The molecule has 0 aliphatic heterocycles. The van der Waals surface area contributed by atoms with Gasteiger partial charge >= 0.3 is 0 Å². The first kappa shape index (κ1) is 22.4. The van der Waals surface area contributed by atoms with Gasteiger partial charge in [-0.25, -0.2) is 8.78 Å². The van der Waals surface area contributed by atoms with Crippen molar-refractivity contribution in [3.8, 4) is 5.75 Å². The van der Waals surface area contributed by atoms with Crippen molar-refractivity contribution in [2.24, 2.45) is 10.9 Å². The predicted molar refractivity (Wildman–Crippen MR) is 107 cm³/mol. The lowest BCUT2D eigenvalue weighted by Gasteiger charge is -2.12.